The molecule has 0 bridgehead atoms. The van der Waals surface area contributed by atoms with Crippen molar-refractivity contribution in [1.82, 2.24) is 9.88 Å². The molecule has 1 N–H and O–H groups in total. The largest absolute Gasteiger partial charge is 0.494 e. The maximum absolute atomic E-state index is 12.7. The number of benzene rings is 2. The van der Waals surface area contributed by atoms with E-state index in [1.165, 1.54) is 33.3 Å². The fourth-order valence-electron chi connectivity index (χ4n) is 3.98. The van der Waals surface area contributed by atoms with Crippen LogP contribution in [-0.2, 0) is 17.6 Å². The van der Waals surface area contributed by atoms with Gasteiger partial charge in [0.15, 0.2) is 0 Å². The molecule has 0 spiro atoms. The Morgan fingerprint density at radius 3 is 2.61 bits per heavy atom. The van der Waals surface area contributed by atoms with Crippen molar-refractivity contribution in [3.05, 3.63) is 64.8 Å². The molecule has 1 amide bonds. The second-order valence-corrected chi connectivity index (χ2v) is 7.78. The normalized spacial score (nSPS) is 14.0. The molecular weight excluding hydrogens is 348 g/mol. The van der Waals surface area contributed by atoms with E-state index in [2.05, 4.69) is 37.0 Å². The lowest BCUT2D eigenvalue weighted by atomic mass is 10.1. The van der Waals surface area contributed by atoms with Crippen LogP contribution >= 0.6 is 0 Å². The number of amides is 1. The van der Waals surface area contributed by atoms with Gasteiger partial charge in [-0.2, -0.15) is 0 Å². The summed E-state index contributed by atoms with van der Waals surface area (Å²) >= 11 is 0. The number of rotatable bonds is 5. The molecule has 1 aromatic heterocycles. The van der Waals surface area contributed by atoms with Crippen LogP contribution < -0.4 is 4.74 Å². The molecule has 4 heteroatoms. The lowest BCUT2D eigenvalue weighted by Gasteiger charge is -2.20. The highest BCUT2D eigenvalue weighted by atomic mass is 16.5. The zero-order valence-electron chi connectivity index (χ0n) is 16.8. The van der Waals surface area contributed by atoms with Crippen LogP contribution in [0.25, 0.3) is 10.9 Å². The molecule has 146 valence electrons. The number of hydrogen-bond donors (Lipinski definition) is 1. The van der Waals surface area contributed by atoms with Gasteiger partial charge in [0.05, 0.1) is 6.61 Å². The zero-order valence-corrected chi connectivity index (χ0v) is 16.8. The van der Waals surface area contributed by atoms with E-state index >= 15 is 0 Å². The monoisotopic (exact) mass is 376 g/mol. The molecule has 2 aromatic carbocycles. The number of nitrogens with zero attached hydrogens (tertiary/aromatic N) is 1. The van der Waals surface area contributed by atoms with Gasteiger partial charge in [-0.1, -0.05) is 29.3 Å². The van der Waals surface area contributed by atoms with E-state index in [-0.39, 0.29) is 5.91 Å². The highest BCUT2D eigenvalue weighted by Gasteiger charge is 2.21. The first-order valence-corrected chi connectivity index (χ1v) is 10.2. The topological polar surface area (TPSA) is 45.3 Å². The molecule has 1 aliphatic rings. The predicted molar refractivity (Wildman–Crippen MR) is 113 cm³/mol. The van der Waals surface area contributed by atoms with Gasteiger partial charge in [-0.3, -0.25) is 4.79 Å². The Morgan fingerprint density at radius 2 is 1.79 bits per heavy atom. The first kappa shape index (κ1) is 18.6. The molecule has 2 heterocycles. The summed E-state index contributed by atoms with van der Waals surface area (Å²) in [5.74, 6) is 1.10. The van der Waals surface area contributed by atoms with E-state index in [0.29, 0.717) is 13.0 Å². The van der Waals surface area contributed by atoms with Crippen LogP contribution in [0.1, 0.15) is 35.2 Å². The quantitative estimate of drug-likeness (QED) is 0.663. The Hall–Kier alpha value is -2.75. The van der Waals surface area contributed by atoms with Gasteiger partial charge < -0.3 is 14.6 Å². The van der Waals surface area contributed by atoms with Gasteiger partial charge in [-0.05, 0) is 56.5 Å². The standard InChI is InChI=1S/C24H28N2O2/c1-17-5-8-19(9-6-17)28-15-3-4-24(27)26-13-11-20-21-16-18(2)7-10-22(21)25-23(20)12-14-26/h5-10,16,25H,3-4,11-15H2,1-2H3. The molecule has 1 aliphatic heterocycles. The van der Waals surface area contributed by atoms with Gasteiger partial charge in [0.2, 0.25) is 5.91 Å². The second kappa shape index (κ2) is 8.09. The van der Waals surface area contributed by atoms with E-state index in [0.717, 1.165) is 38.1 Å². The number of carbonyl (C=O) groups excluding carboxylic acids is 1. The fourth-order valence-corrected chi connectivity index (χ4v) is 3.98. The molecule has 0 saturated carbocycles. The predicted octanol–water partition coefficient (Wildman–Crippen LogP) is 4.57. The molecule has 4 nitrogen and oxygen atoms in total. The first-order chi connectivity index (χ1) is 13.6. The summed E-state index contributed by atoms with van der Waals surface area (Å²) < 4.78 is 5.75. The minimum absolute atomic E-state index is 0.234. The van der Waals surface area contributed by atoms with Crippen LogP contribution in [0.4, 0.5) is 0 Å². The number of nitrogens with one attached hydrogen (secondary N) is 1. The van der Waals surface area contributed by atoms with Gasteiger partial charge in [0.1, 0.15) is 5.75 Å². The lowest BCUT2D eigenvalue weighted by molar-refractivity contribution is -0.131. The summed E-state index contributed by atoms with van der Waals surface area (Å²) in [7, 11) is 0. The number of fused-ring (bicyclic) bond motifs is 3. The lowest BCUT2D eigenvalue weighted by Crippen LogP contribution is -2.33. The Bertz CT molecular complexity index is 972. The van der Waals surface area contributed by atoms with E-state index < -0.39 is 0 Å². The first-order valence-electron chi connectivity index (χ1n) is 10.2. The highest BCUT2D eigenvalue weighted by Crippen LogP contribution is 2.27. The molecule has 0 radical (unpaired) electrons. The number of carbonyl (C=O) groups is 1. The molecule has 0 unspecified atom stereocenters. The minimum Gasteiger partial charge on any atom is -0.494 e. The number of aryl methyl sites for hydroxylation is 2. The third-order valence-corrected chi connectivity index (χ3v) is 5.59. The summed E-state index contributed by atoms with van der Waals surface area (Å²) in [4.78, 5) is 18.2. The van der Waals surface area contributed by atoms with Crippen molar-refractivity contribution >= 4 is 16.8 Å². The average molecular weight is 377 g/mol. The third kappa shape index (κ3) is 4.06. The maximum atomic E-state index is 12.7. The molecular formula is C24H28N2O2. The summed E-state index contributed by atoms with van der Waals surface area (Å²) in [6.07, 6.45) is 3.11. The Labute approximate surface area is 166 Å². The van der Waals surface area contributed by atoms with Crippen molar-refractivity contribution in [1.29, 1.82) is 0 Å². The summed E-state index contributed by atoms with van der Waals surface area (Å²) in [6, 6.07) is 14.6. The number of aromatic nitrogens is 1. The van der Waals surface area contributed by atoms with Crippen molar-refractivity contribution in [2.45, 2.75) is 39.5 Å². The number of hydrogen-bond acceptors (Lipinski definition) is 2. The van der Waals surface area contributed by atoms with Gasteiger partial charge in [-0.15, -0.1) is 0 Å². The number of ether oxygens (including phenoxy) is 1. The van der Waals surface area contributed by atoms with Gasteiger partial charge >= 0.3 is 0 Å². The molecule has 28 heavy (non-hydrogen) atoms. The van der Waals surface area contributed by atoms with Gasteiger partial charge in [0, 0.05) is 42.5 Å². The molecule has 0 atom stereocenters. The van der Waals surface area contributed by atoms with Gasteiger partial charge in [0.25, 0.3) is 0 Å². The smallest absolute Gasteiger partial charge is 0.222 e. The van der Waals surface area contributed by atoms with Crippen molar-refractivity contribution in [2.24, 2.45) is 0 Å². The van der Waals surface area contributed by atoms with Crippen molar-refractivity contribution in [2.75, 3.05) is 19.7 Å². The SMILES string of the molecule is Cc1ccc(OCCCC(=O)N2CCc3[nH]c4ccc(C)cc4c3CC2)cc1. The van der Waals surface area contributed by atoms with Crippen molar-refractivity contribution in [3.8, 4) is 5.75 Å². The molecule has 0 aliphatic carbocycles. The van der Waals surface area contributed by atoms with Crippen LogP contribution in [0.3, 0.4) is 0 Å². The Morgan fingerprint density at radius 1 is 1.04 bits per heavy atom. The fraction of sp³-hybridized carbons (Fsp3) is 0.375. The average Bonchev–Trinajstić information content (AvgIpc) is 2.89. The van der Waals surface area contributed by atoms with Crippen LogP contribution in [-0.4, -0.2) is 35.5 Å². The van der Waals surface area contributed by atoms with Crippen LogP contribution in [0, 0.1) is 13.8 Å². The number of H-pyrrole nitrogens is 1. The van der Waals surface area contributed by atoms with Crippen molar-refractivity contribution in [3.63, 3.8) is 0 Å². The molecule has 4 rings (SSSR count). The van der Waals surface area contributed by atoms with Gasteiger partial charge in [-0.25, -0.2) is 0 Å². The third-order valence-electron chi connectivity index (χ3n) is 5.59. The number of aromatic amines is 1. The van der Waals surface area contributed by atoms with E-state index in [4.69, 9.17) is 4.74 Å². The highest BCUT2D eigenvalue weighted by molar-refractivity contribution is 5.85. The second-order valence-electron chi connectivity index (χ2n) is 7.78. The minimum atomic E-state index is 0.234. The Kier molecular flexibility index (Phi) is 5.38. The van der Waals surface area contributed by atoms with Crippen LogP contribution in [0.5, 0.6) is 5.75 Å². The molecule has 3 aromatic rings. The summed E-state index contributed by atoms with van der Waals surface area (Å²) in [5, 5.41) is 1.32. The van der Waals surface area contributed by atoms with Crippen LogP contribution in [0.15, 0.2) is 42.5 Å². The summed E-state index contributed by atoms with van der Waals surface area (Å²) in [5.41, 5.74) is 6.38. The van der Waals surface area contributed by atoms with E-state index in [9.17, 15) is 4.79 Å². The zero-order chi connectivity index (χ0) is 19.5. The van der Waals surface area contributed by atoms with Crippen LogP contribution in [0.2, 0.25) is 0 Å². The maximum Gasteiger partial charge on any atom is 0.222 e. The van der Waals surface area contributed by atoms with E-state index in [1.807, 2.05) is 29.2 Å². The molecule has 0 fully saturated rings. The van der Waals surface area contributed by atoms with E-state index in [1.54, 1.807) is 0 Å². The summed E-state index contributed by atoms with van der Waals surface area (Å²) in [6.45, 7) is 6.35. The van der Waals surface area contributed by atoms with Crippen molar-refractivity contribution < 1.29 is 9.53 Å². The Balaban J connectivity index is 1.30. The molecule has 0 saturated heterocycles.